The molecule has 0 unspecified atom stereocenters. The third-order valence-electron chi connectivity index (χ3n) is 4.89. The molecule has 1 aromatic heterocycles. The van der Waals surface area contributed by atoms with Crippen molar-refractivity contribution in [3.63, 3.8) is 0 Å². The molecule has 0 spiro atoms. The number of carbonyl (C=O) groups is 1. The first kappa shape index (κ1) is 17.5. The fraction of sp³-hybridized carbons (Fsp3) is 0.667. The third-order valence-corrected chi connectivity index (χ3v) is 6.12. The molecule has 1 saturated carbocycles. The summed E-state index contributed by atoms with van der Waals surface area (Å²) in [7, 11) is 0. The molecular formula is C18H28N4OS. The molecule has 3 rings (SSSR count). The summed E-state index contributed by atoms with van der Waals surface area (Å²) in [6.45, 7) is 6.53. The Labute approximate surface area is 149 Å². The van der Waals surface area contributed by atoms with Crippen LogP contribution in [0.3, 0.4) is 0 Å². The van der Waals surface area contributed by atoms with Gasteiger partial charge in [0.25, 0.3) is 0 Å². The predicted octanol–water partition coefficient (Wildman–Crippen LogP) is 2.58. The summed E-state index contributed by atoms with van der Waals surface area (Å²) in [4.78, 5) is 21.2. The van der Waals surface area contributed by atoms with Gasteiger partial charge in [-0.1, -0.05) is 13.0 Å². The number of nitrogens with zero attached hydrogens (tertiary/aromatic N) is 3. The Balaban J connectivity index is 1.39. The van der Waals surface area contributed by atoms with Crippen molar-refractivity contribution in [2.24, 2.45) is 0 Å². The van der Waals surface area contributed by atoms with E-state index in [1.165, 1.54) is 12.2 Å². The Morgan fingerprint density at radius 2 is 2.12 bits per heavy atom. The van der Waals surface area contributed by atoms with E-state index in [0.29, 0.717) is 6.04 Å². The zero-order chi connectivity index (χ0) is 16.8. The molecule has 2 heterocycles. The molecule has 1 aliphatic heterocycles. The Morgan fingerprint density at radius 1 is 1.29 bits per heavy atom. The van der Waals surface area contributed by atoms with E-state index in [4.69, 9.17) is 0 Å². The topological polar surface area (TPSA) is 48.5 Å². The normalized spacial score (nSPS) is 25.0. The molecule has 2 fully saturated rings. The number of piperazine rings is 1. The molecule has 0 bridgehead atoms. The maximum Gasteiger partial charge on any atom is 0.317 e. The summed E-state index contributed by atoms with van der Waals surface area (Å²) in [6, 6.07) is 6.52. The van der Waals surface area contributed by atoms with Crippen LogP contribution in [0.25, 0.3) is 0 Å². The van der Waals surface area contributed by atoms with Crippen LogP contribution in [0.5, 0.6) is 0 Å². The maximum absolute atomic E-state index is 12.5. The van der Waals surface area contributed by atoms with Gasteiger partial charge in [-0.15, -0.1) is 0 Å². The predicted molar refractivity (Wildman–Crippen MR) is 99.2 cm³/mol. The van der Waals surface area contributed by atoms with Crippen LogP contribution in [-0.4, -0.2) is 64.0 Å². The second kappa shape index (κ2) is 8.72. The summed E-state index contributed by atoms with van der Waals surface area (Å²) in [5.41, 5.74) is 1.10. The molecular weight excluding hydrogens is 320 g/mol. The van der Waals surface area contributed by atoms with Gasteiger partial charge in [-0.05, 0) is 37.1 Å². The molecule has 0 aromatic carbocycles. The van der Waals surface area contributed by atoms with Crippen molar-refractivity contribution >= 4 is 17.8 Å². The van der Waals surface area contributed by atoms with Crippen LogP contribution in [-0.2, 0) is 6.54 Å². The number of thioether (sulfide) groups is 1. The Hall–Kier alpha value is -1.27. The van der Waals surface area contributed by atoms with Crippen LogP contribution in [0.15, 0.2) is 24.4 Å². The molecule has 1 aromatic rings. The zero-order valence-corrected chi connectivity index (χ0v) is 15.3. The first-order valence-corrected chi connectivity index (χ1v) is 10.1. The van der Waals surface area contributed by atoms with Gasteiger partial charge in [0.1, 0.15) is 0 Å². The third kappa shape index (κ3) is 4.86. The van der Waals surface area contributed by atoms with E-state index in [9.17, 15) is 4.79 Å². The highest BCUT2D eigenvalue weighted by atomic mass is 32.2. The molecule has 1 aliphatic carbocycles. The highest BCUT2D eigenvalue weighted by Gasteiger charge is 2.28. The number of aromatic nitrogens is 1. The Kier molecular flexibility index (Phi) is 6.37. The van der Waals surface area contributed by atoms with E-state index >= 15 is 0 Å². The minimum Gasteiger partial charge on any atom is -0.335 e. The second-order valence-corrected chi connectivity index (χ2v) is 8.20. The van der Waals surface area contributed by atoms with E-state index in [1.807, 2.05) is 35.0 Å². The van der Waals surface area contributed by atoms with E-state index in [0.717, 1.165) is 56.5 Å². The molecule has 0 radical (unpaired) electrons. The average Bonchev–Trinajstić information content (AvgIpc) is 3.04. The fourth-order valence-corrected chi connectivity index (χ4v) is 4.70. The lowest BCUT2D eigenvalue weighted by atomic mass is 10.2. The molecule has 5 nitrogen and oxygen atoms in total. The number of nitrogens with one attached hydrogen (secondary N) is 1. The summed E-state index contributed by atoms with van der Waals surface area (Å²) in [6.07, 6.45) is 5.33. The quantitative estimate of drug-likeness (QED) is 0.888. The molecule has 24 heavy (non-hydrogen) atoms. The highest BCUT2D eigenvalue weighted by Crippen LogP contribution is 2.29. The fourth-order valence-electron chi connectivity index (χ4n) is 3.55. The van der Waals surface area contributed by atoms with E-state index < -0.39 is 0 Å². The van der Waals surface area contributed by atoms with Gasteiger partial charge in [-0.2, -0.15) is 11.8 Å². The van der Waals surface area contributed by atoms with Crippen molar-refractivity contribution in [3.05, 3.63) is 30.1 Å². The second-order valence-electron chi connectivity index (χ2n) is 6.62. The number of amides is 2. The lowest BCUT2D eigenvalue weighted by Crippen LogP contribution is -2.53. The van der Waals surface area contributed by atoms with Gasteiger partial charge in [0.15, 0.2) is 0 Å². The number of pyridine rings is 1. The lowest BCUT2D eigenvalue weighted by molar-refractivity contribution is 0.132. The molecule has 2 atom stereocenters. The standard InChI is InChI=1S/C18H28N4OS/c1-2-24-17-7-6-15(13-17)20-18(23)22-11-9-21(10-12-22)14-16-5-3-4-8-19-16/h3-5,8,15,17H,2,6-7,9-14H2,1H3,(H,20,23)/t15-,17-/m1/s1. The summed E-state index contributed by atoms with van der Waals surface area (Å²) >= 11 is 2.03. The highest BCUT2D eigenvalue weighted by molar-refractivity contribution is 7.99. The molecule has 6 heteroatoms. The van der Waals surface area contributed by atoms with Gasteiger partial charge in [0.2, 0.25) is 0 Å². The molecule has 2 aliphatic rings. The van der Waals surface area contributed by atoms with E-state index in [2.05, 4.69) is 28.2 Å². The van der Waals surface area contributed by atoms with E-state index in [1.54, 1.807) is 0 Å². The van der Waals surface area contributed by atoms with Crippen LogP contribution < -0.4 is 5.32 Å². The summed E-state index contributed by atoms with van der Waals surface area (Å²) < 4.78 is 0. The van der Waals surface area contributed by atoms with Gasteiger partial charge in [-0.25, -0.2) is 4.79 Å². The number of rotatable bonds is 5. The summed E-state index contributed by atoms with van der Waals surface area (Å²) in [5, 5.41) is 3.98. The monoisotopic (exact) mass is 348 g/mol. The first-order valence-electron chi connectivity index (χ1n) is 9.04. The number of carbonyl (C=O) groups excluding carboxylic acids is 1. The van der Waals surface area contributed by atoms with Crippen LogP contribution >= 0.6 is 11.8 Å². The van der Waals surface area contributed by atoms with Crippen LogP contribution in [0.4, 0.5) is 4.79 Å². The van der Waals surface area contributed by atoms with Crippen molar-refractivity contribution in [1.29, 1.82) is 0 Å². The smallest absolute Gasteiger partial charge is 0.317 e. The average molecular weight is 349 g/mol. The minimum absolute atomic E-state index is 0.125. The molecule has 132 valence electrons. The van der Waals surface area contributed by atoms with Crippen LogP contribution in [0, 0.1) is 0 Å². The van der Waals surface area contributed by atoms with Crippen molar-refractivity contribution in [1.82, 2.24) is 20.1 Å². The maximum atomic E-state index is 12.5. The number of hydrogen-bond donors (Lipinski definition) is 1. The van der Waals surface area contributed by atoms with Crippen molar-refractivity contribution in [2.45, 2.75) is 44.0 Å². The van der Waals surface area contributed by atoms with Crippen LogP contribution in [0.1, 0.15) is 31.9 Å². The molecule has 1 N–H and O–H groups in total. The van der Waals surface area contributed by atoms with Gasteiger partial charge in [0.05, 0.1) is 5.69 Å². The summed E-state index contributed by atoms with van der Waals surface area (Å²) in [5.74, 6) is 1.17. The van der Waals surface area contributed by atoms with Crippen molar-refractivity contribution in [2.75, 3.05) is 31.9 Å². The van der Waals surface area contributed by atoms with Crippen molar-refractivity contribution in [3.8, 4) is 0 Å². The SMILES string of the molecule is CCS[C@@H]1CC[C@@H](NC(=O)N2CCN(Cc3ccccn3)CC2)C1. The minimum atomic E-state index is 0.125. The van der Waals surface area contributed by atoms with Crippen LogP contribution in [0.2, 0.25) is 0 Å². The van der Waals surface area contributed by atoms with Gasteiger partial charge in [-0.3, -0.25) is 9.88 Å². The van der Waals surface area contributed by atoms with E-state index in [-0.39, 0.29) is 6.03 Å². The number of urea groups is 1. The Bertz CT molecular complexity index is 519. The number of hydrogen-bond acceptors (Lipinski definition) is 4. The molecule has 2 amide bonds. The van der Waals surface area contributed by atoms with Gasteiger partial charge >= 0.3 is 6.03 Å². The Morgan fingerprint density at radius 3 is 2.83 bits per heavy atom. The van der Waals surface area contributed by atoms with Crippen molar-refractivity contribution < 1.29 is 4.79 Å². The first-order chi connectivity index (χ1) is 11.7. The van der Waals surface area contributed by atoms with Gasteiger partial charge < -0.3 is 10.2 Å². The largest absolute Gasteiger partial charge is 0.335 e. The zero-order valence-electron chi connectivity index (χ0n) is 14.5. The lowest BCUT2D eigenvalue weighted by Gasteiger charge is -2.35. The molecule has 1 saturated heterocycles. The van der Waals surface area contributed by atoms with Gasteiger partial charge in [0, 0.05) is 50.2 Å².